The van der Waals surface area contributed by atoms with Crippen LogP contribution in [-0.4, -0.2) is 93.7 Å². The maximum absolute atomic E-state index is 14.8. The number of amides is 3. The highest BCUT2D eigenvalue weighted by Crippen LogP contribution is 2.30. The third-order valence-corrected chi connectivity index (χ3v) is 7.91. The quantitative estimate of drug-likeness (QED) is 0.360. The zero-order valence-electron chi connectivity index (χ0n) is 23.5. The molecule has 12 nitrogen and oxygen atoms in total. The Hall–Kier alpha value is -4.58. The molecule has 2 aromatic carbocycles. The molecular formula is C29H28ClF2N7O5. The first-order chi connectivity index (χ1) is 21.1. The van der Waals surface area contributed by atoms with E-state index < -0.39 is 42.0 Å². The van der Waals surface area contributed by atoms with E-state index in [1.165, 1.54) is 48.1 Å². The van der Waals surface area contributed by atoms with Crippen LogP contribution in [-0.2, 0) is 11.8 Å². The van der Waals surface area contributed by atoms with E-state index in [0.717, 1.165) is 0 Å². The van der Waals surface area contributed by atoms with E-state index >= 15 is 0 Å². The summed E-state index contributed by atoms with van der Waals surface area (Å²) < 4.78 is 35.4. The number of halogens is 3. The lowest BCUT2D eigenvalue weighted by Gasteiger charge is -2.36. The molecule has 0 radical (unpaired) electrons. The minimum Gasteiger partial charge on any atom is -0.476 e. The lowest BCUT2D eigenvalue weighted by Crippen LogP contribution is -2.55. The molecule has 1 aromatic heterocycles. The minimum atomic E-state index is -1.27. The average molecular weight is 628 g/mol. The Balaban J connectivity index is 1.22. The molecule has 0 unspecified atom stereocenters. The fourth-order valence-corrected chi connectivity index (χ4v) is 5.47. The number of carbonyl (C=O) groups is 3. The van der Waals surface area contributed by atoms with Gasteiger partial charge in [0.15, 0.2) is 24.0 Å². The number of aromatic nitrogens is 2. The number of rotatable bonds is 7. The molecule has 3 aromatic rings. The predicted octanol–water partition coefficient (Wildman–Crippen LogP) is 2.18. The van der Waals surface area contributed by atoms with Crippen LogP contribution in [0.3, 0.4) is 0 Å². The molecule has 3 heterocycles. The Kier molecular flexibility index (Phi) is 9.09. The van der Waals surface area contributed by atoms with Crippen molar-refractivity contribution < 1.29 is 33.0 Å². The normalized spacial score (nSPS) is 18.2. The number of nitriles is 1. The molecule has 0 aliphatic carbocycles. The number of hydrogen-bond donors (Lipinski definition) is 3. The summed E-state index contributed by atoms with van der Waals surface area (Å²) >= 11 is 6.42. The highest BCUT2D eigenvalue weighted by atomic mass is 35.5. The summed E-state index contributed by atoms with van der Waals surface area (Å²) in [5, 5.41) is 24.3. The fraction of sp³-hybridized carbons (Fsp3) is 0.345. The third kappa shape index (κ3) is 6.07. The van der Waals surface area contributed by atoms with Gasteiger partial charge in [-0.2, -0.15) is 9.65 Å². The Morgan fingerprint density at radius 2 is 1.89 bits per heavy atom. The van der Waals surface area contributed by atoms with E-state index in [1.807, 2.05) is 0 Å². The molecule has 2 saturated heterocycles. The first-order valence-corrected chi connectivity index (χ1v) is 14.1. The molecule has 0 spiro atoms. The molecule has 0 bridgehead atoms. The van der Waals surface area contributed by atoms with Crippen molar-refractivity contribution in [3.8, 4) is 23.1 Å². The van der Waals surface area contributed by atoms with Crippen LogP contribution in [0.5, 0.6) is 5.75 Å². The van der Waals surface area contributed by atoms with E-state index in [4.69, 9.17) is 21.6 Å². The Bertz CT molecular complexity index is 1650. The molecule has 2 aliphatic heterocycles. The second-order valence-corrected chi connectivity index (χ2v) is 10.7. The fourth-order valence-electron chi connectivity index (χ4n) is 5.21. The van der Waals surface area contributed by atoms with Crippen LogP contribution in [0.1, 0.15) is 27.4 Å². The van der Waals surface area contributed by atoms with Crippen molar-refractivity contribution in [2.45, 2.75) is 18.6 Å². The van der Waals surface area contributed by atoms with Crippen LogP contribution < -0.4 is 15.4 Å². The molecule has 44 heavy (non-hydrogen) atoms. The van der Waals surface area contributed by atoms with Gasteiger partial charge < -0.3 is 34.8 Å². The summed E-state index contributed by atoms with van der Waals surface area (Å²) in [7, 11) is 1.46. The predicted molar refractivity (Wildman–Crippen MR) is 154 cm³/mol. The SMILES string of the molecule is Cn1c(-c2ccc(OCC#N)c(F)c2F)cnc1C(=O)Nc1ccc(C(=O)N2CCN(C(=O)[C@@H]3NCC[C@@H]3O)CC2)c(Cl)c1. The summed E-state index contributed by atoms with van der Waals surface area (Å²) in [4.78, 5) is 46.1. The van der Waals surface area contributed by atoms with Gasteiger partial charge >= 0.3 is 0 Å². The lowest BCUT2D eigenvalue weighted by molar-refractivity contribution is -0.136. The van der Waals surface area contributed by atoms with E-state index in [9.17, 15) is 28.3 Å². The molecule has 2 atom stereocenters. The van der Waals surface area contributed by atoms with Crippen molar-refractivity contribution >= 4 is 35.0 Å². The van der Waals surface area contributed by atoms with Crippen LogP contribution in [0.15, 0.2) is 36.5 Å². The van der Waals surface area contributed by atoms with Gasteiger partial charge in [-0.05, 0) is 43.3 Å². The van der Waals surface area contributed by atoms with Gasteiger partial charge in [-0.3, -0.25) is 14.4 Å². The molecule has 2 aliphatic rings. The number of piperazine rings is 1. The van der Waals surface area contributed by atoms with Gasteiger partial charge in [0.2, 0.25) is 11.7 Å². The van der Waals surface area contributed by atoms with Gasteiger partial charge in [0.25, 0.3) is 11.8 Å². The third-order valence-electron chi connectivity index (χ3n) is 7.60. The number of aliphatic hydroxyl groups is 1. The summed E-state index contributed by atoms with van der Waals surface area (Å²) in [6.45, 7) is 1.36. The van der Waals surface area contributed by atoms with Crippen LogP contribution in [0.2, 0.25) is 5.02 Å². The highest BCUT2D eigenvalue weighted by Gasteiger charge is 2.36. The number of imidazole rings is 1. The van der Waals surface area contributed by atoms with Crippen molar-refractivity contribution in [2.24, 2.45) is 7.05 Å². The number of ether oxygens (including phenoxy) is 1. The lowest BCUT2D eigenvalue weighted by atomic mass is 10.1. The van der Waals surface area contributed by atoms with Gasteiger partial charge in [0, 0.05) is 44.5 Å². The molecule has 3 N–H and O–H groups in total. The molecule has 15 heteroatoms. The van der Waals surface area contributed by atoms with Crippen LogP contribution in [0.25, 0.3) is 11.3 Å². The van der Waals surface area contributed by atoms with E-state index in [-0.39, 0.29) is 45.2 Å². The van der Waals surface area contributed by atoms with Crippen LogP contribution >= 0.6 is 11.6 Å². The second kappa shape index (κ2) is 13.0. The highest BCUT2D eigenvalue weighted by molar-refractivity contribution is 6.34. The maximum Gasteiger partial charge on any atom is 0.291 e. The van der Waals surface area contributed by atoms with Crippen molar-refractivity contribution in [1.29, 1.82) is 5.26 Å². The molecule has 3 amide bonds. The average Bonchev–Trinajstić information content (AvgIpc) is 3.62. The standard InChI is InChI=1S/C29H28ClF2N7O5/c1-37-20(18-4-5-22(44-13-7-33)24(32)23(18)31)15-35-26(37)27(41)36-16-2-3-17(19(30)14-16)28(42)38-9-11-39(12-10-38)29(43)25-21(40)6-8-34-25/h2-5,14-15,21,25,34,40H,6,8-13H2,1H3,(H,36,41)/t21-,25+/m0/s1. The first kappa shape index (κ1) is 30.9. The monoisotopic (exact) mass is 627 g/mol. The largest absolute Gasteiger partial charge is 0.476 e. The van der Waals surface area contributed by atoms with Crippen LogP contribution in [0.4, 0.5) is 14.5 Å². The summed E-state index contributed by atoms with van der Waals surface area (Å²) in [5.41, 5.74) is 0.450. The number of hydrogen-bond acceptors (Lipinski definition) is 8. The van der Waals surface area contributed by atoms with Crippen LogP contribution in [0, 0.1) is 23.0 Å². The number of aliphatic hydroxyl groups excluding tert-OH is 1. The molecule has 2 fully saturated rings. The van der Waals surface area contributed by atoms with Gasteiger partial charge in [-0.15, -0.1) is 0 Å². The number of nitrogens with one attached hydrogen (secondary N) is 2. The van der Waals surface area contributed by atoms with Crippen molar-refractivity contribution in [2.75, 3.05) is 44.6 Å². The number of nitrogens with zero attached hydrogens (tertiary/aromatic N) is 5. The molecule has 0 saturated carbocycles. The van der Waals surface area contributed by atoms with Crippen molar-refractivity contribution in [1.82, 2.24) is 24.7 Å². The van der Waals surface area contributed by atoms with E-state index in [0.29, 0.717) is 39.1 Å². The Morgan fingerprint density at radius 3 is 2.55 bits per heavy atom. The molecule has 5 rings (SSSR count). The van der Waals surface area contributed by atoms with Gasteiger partial charge in [-0.25, -0.2) is 9.37 Å². The number of anilines is 1. The molecular weight excluding hydrogens is 600 g/mol. The van der Waals surface area contributed by atoms with E-state index in [1.54, 1.807) is 15.9 Å². The maximum atomic E-state index is 14.8. The van der Waals surface area contributed by atoms with Crippen molar-refractivity contribution in [3.63, 3.8) is 0 Å². The number of carbonyl (C=O) groups excluding carboxylic acids is 3. The summed E-state index contributed by atoms with van der Waals surface area (Å²) in [6, 6.07) is 7.89. The Morgan fingerprint density at radius 1 is 1.16 bits per heavy atom. The minimum absolute atomic E-state index is 0.0985. The molecule has 230 valence electrons. The zero-order chi connectivity index (χ0) is 31.5. The van der Waals surface area contributed by atoms with Crippen molar-refractivity contribution in [3.05, 3.63) is 64.6 Å². The zero-order valence-corrected chi connectivity index (χ0v) is 24.3. The van der Waals surface area contributed by atoms with E-state index in [2.05, 4.69) is 15.6 Å². The smallest absolute Gasteiger partial charge is 0.291 e. The van der Waals surface area contributed by atoms with Gasteiger partial charge in [0.1, 0.15) is 12.1 Å². The van der Waals surface area contributed by atoms with Gasteiger partial charge in [-0.1, -0.05) is 11.6 Å². The summed E-state index contributed by atoms with van der Waals surface area (Å²) in [5.74, 6) is -4.18. The first-order valence-electron chi connectivity index (χ1n) is 13.7. The Labute approximate surface area is 255 Å². The summed E-state index contributed by atoms with van der Waals surface area (Å²) in [6.07, 6.45) is 1.02. The topological polar surface area (TPSA) is 153 Å². The number of benzene rings is 2. The van der Waals surface area contributed by atoms with Gasteiger partial charge in [0.05, 0.1) is 28.6 Å². The second-order valence-electron chi connectivity index (χ2n) is 10.3.